The van der Waals surface area contributed by atoms with Gasteiger partial charge in [-0.15, -0.1) is 0 Å². The van der Waals surface area contributed by atoms with Gasteiger partial charge < -0.3 is 10.5 Å². The van der Waals surface area contributed by atoms with Crippen molar-refractivity contribution in [3.8, 4) is 17.7 Å². The number of hydrogen-bond acceptors (Lipinski definition) is 4. The molecule has 2 aromatic rings. The predicted octanol–water partition coefficient (Wildman–Crippen LogP) is 2.77. The molecular formula is C14H13N3O. The summed E-state index contributed by atoms with van der Waals surface area (Å²) in [6.07, 6.45) is 1.65. The summed E-state index contributed by atoms with van der Waals surface area (Å²) >= 11 is 0. The van der Waals surface area contributed by atoms with E-state index in [4.69, 9.17) is 15.7 Å². The minimum Gasteiger partial charge on any atom is -0.439 e. The van der Waals surface area contributed by atoms with Crippen LogP contribution in [0, 0.1) is 11.3 Å². The lowest BCUT2D eigenvalue weighted by Gasteiger charge is -2.12. The second kappa shape index (κ2) is 5.30. The molecule has 0 saturated carbocycles. The van der Waals surface area contributed by atoms with Crippen LogP contribution in [-0.4, -0.2) is 4.98 Å². The Kier molecular flexibility index (Phi) is 3.56. The third-order valence-electron chi connectivity index (χ3n) is 2.47. The van der Waals surface area contributed by atoms with Gasteiger partial charge in [0.15, 0.2) is 0 Å². The molecule has 0 amide bonds. The van der Waals surface area contributed by atoms with Crippen molar-refractivity contribution in [3.63, 3.8) is 0 Å². The third kappa shape index (κ3) is 2.65. The van der Waals surface area contributed by atoms with Gasteiger partial charge in [-0.25, -0.2) is 4.98 Å². The van der Waals surface area contributed by atoms with E-state index in [1.807, 2.05) is 19.1 Å². The maximum atomic E-state index is 8.83. The largest absolute Gasteiger partial charge is 0.439 e. The van der Waals surface area contributed by atoms with Gasteiger partial charge in [-0.05, 0) is 31.2 Å². The molecule has 0 aliphatic heterocycles. The van der Waals surface area contributed by atoms with Crippen LogP contribution in [0.5, 0.6) is 11.6 Å². The summed E-state index contributed by atoms with van der Waals surface area (Å²) in [5.41, 5.74) is 7.23. The van der Waals surface area contributed by atoms with E-state index in [9.17, 15) is 0 Å². The summed E-state index contributed by atoms with van der Waals surface area (Å²) in [7, 11) is 0. The molecule has 0 fully saturated rings. The quantitative estimate of drug-likeness (QED) is 0.893. The fraction of sp³-hybridized carbons (Fsp3) is 0.143. The van der Waals surface area contributed by atoms with Crippen LogP contribution in [0.2, 0.25) is 0 Å². The second-order valence-corrected chi connectivity index (χ2v) is 3.93. The molecule has 0 saturated heterocycles. The van der Waals surface area contributed by atoms with Gasteiger partial charge >= 0.3 is 0 Å². The Labute approximate surface area is 106 Å². The Hall–Kier alpha value is -2.38. The van der Waals surface area contributed by atoms with Crippen LogP contribution in [0.3, 0.4) is 0 Å². The van der Waals surface area contributed by atoms with Crippen molar-refractivity contribution >= 4 is 0 Å². The van der Waals surface area contributed by atoms with Crippen LogP contribution in [0.4, 0.5) is 0 Å². The fourth-order valence-electron chi connectivity index (χ4n) is 1.58. The first-order valence-electron chi connectivity index (χ1n) is 5.59. The lowest BCUT2D eigenvalue weighted by Crippen LogP contribution is -2.07. The van der Waals surface area contributed by atoms with Crippen LogP contribution in [0.1, 0.15) is 24.1 Å². The van der Waals surface area contributed by atoms with Crippen molar-refractivity contribution < 1.29 is 4.74 Å². The summed E-state index contributed by atoms with van der Waals surface area (Å²) in [5, 5.41) is 8.83. The highest BCUT2D eigenvalue weighted by molar-refractivity contribution is 5.39. The minimum absolute atomic E-state index is 0.159. The number of nitriles is 1. The molecule has 4 heteroatoms. The Morgan fingerprint density at radius 2 is 2.17 bits per heavy atom. The van der Waals surface area contributed by atoms with Gasteiger partial charge in [0.2, 0.25) is 5.88 Å². The highest BCUT2D eigenvalue weighted by atomic mass is 16.5. The molecule has 0 aliphatic carbocycles. The van der Waals surface area contributed by atoms with E-state index >= 15 is 0 Å². The highest BCUT2D eigenvalue weighted by Crippen LogP contribution is 2.26. The van der Waals surface area contributed by atoms with E-state index in [0.717, 1.165) is 5.56 Å². The summed E-state index contributed by atoms with van der Waals surface area (Å²) in [6.45, 7) is 1.87. The number of aromatic nitrogens is 1. The molecular weight excluding hydrogens is 226 g/mol. The molecule has 0 aliphatic rings. The molecule has 1 atom stereocenters. The molecule has 0 bridgehead atoms. The van der Waals surface area contributed by atoms with E-state index in [-0.39, 0.29) is 6.04 Å². The number of nitrogens with zero attached hydrogens (tertiary/aromatic N) is 2. The summed E-state index contributed by atoms with van der Waals surface area (Å²) in [4.78, 5) is 4.17. The summed E-state index contributed by atoms with van der Waals surface area (Å²) in [6, 6.07) is 12.5. The first-order valence-corrected chi connectivity index (χ1v) is 5.59. The molecule has 18 heavy (non-hydrogen) atoms. The lowest BCUT2D eigenvalue weighted by molar-refractivity contribution is 0.452. The number of ether oxygens (including phenoxy) is 1. The molecule has 90 valence electrons. The van der Waals surface area contributed by atoms with Crippen LogP contribution in [0.25, 0.3) is 0 Å². The molecule has 1 aromatic heterocycles. The predicted molar refractivity (Wildman–Crippen MR) is 68.1 cm³/mol. The molecule has 2 N–H and O–H groups in total. The highest BCUT2D eigenvalue weighted by Gasteiger charge is 2.09. The van der Waals surface area contributed by atoms with Gasteiger partial charge in [0.25, 0.3) is 0 Å². The number of nitrogens with two attached hydrogens (primary N) is 1. The zero-order valence-corrected chi connectivity index (χ0v) is 10.00. The third-order valence-corrected chi connectivity index (χ3v) is 2.47. The van der Waals surface area contributed by atoms with Crippen molar-refractivity contribution in [1.29, 1.82) is 5.26 Å². The first-order chi connectivity index (χ1) is 8.70. The normalized spacial score (nSPS) is 11.6. The zero-order valence-electron chi connectivity index (χ0n) is 10.00. The SMILES string of the molecule is C[C@@H](N)c1cccnc1Oc1cccc(C#N)c1. The fourth-order valence-corrected chi connectivity index (χ4v) is 1.58. The van der Waals surface area contributed by atoms with Crippen molar-refractivity contribution in [2.45, 2.75) is 13.0 Å². The smallest absolute Gasteiger partial charge is 0.223 e. The molecule has 0 radical (unpaired) electrons. The summed E-state index contributed by atoms with van der Waals surface area (Å²) < 4.78 is 5.67. The van der Waals surface area contributed by atoms with E-state index in [1.165, 1.54) is 0 Å². The van der Waals surface area contributed by atoms with Crippen LogP contribution < -0.4 is 10.5 Å². The van der Waals surface area contributed by atoms with Gasteiger partial charge in [0.05, 0.1) is 11.6 Å². The topological polar surface area (TPSA) is 71.9 Å². The standard InChI is InChI=1S/C14H13N3O/c1-10(16)13-6-3-7-17-14(13)18-12-5-2-4-11(8-12)9-15/h2-8,10H,16H2,1H3/t10-/m1/s1. The average Bonchev–Trinajstić information content (AvgIpc) is 2.39. The van der Waals surface area contributed by atoms with Crippen LogP contribution in [0.15, 0.2) is 42.6 Å². The monoisotopic (exact) mass is 239 g/mol. The van der Waals surface area contributed by atoms with E-state index < -0.39 is 0 Å². The van der Waals surface area contributed by atoms with E-state index in [1.54, 1.807) is 30.5 Å². The Bertz CT molecular complexity index is 588. The molecule has 4 nitrogen and oxygen atoms in total. The van der Waals surface area contributed by atoms with Crippen LogP contribution >= 0.6 is 0 Å². The van der Waals surface area contributed by atoms with Gasteiger partial charge in [-0.3, -0.25) is 0 Å². The maximum absolute atomic E-state index is 8.83. The zero-order chi connectivity index (χ0) is 13.0. The molecule has 1 heterocycles. The molecule has 0 unspecified atom stereocenters. The Balaban J connectivity index is 2.31. The van der Waals surface area contributed by atoms with Crippen molar-refractivity contribution in [3.05, 3.63) is 53.7 Å². The number of rotatable bonds is 3. The first kappa shape index (κ1) is 12.1. The molecule has 1 aromatic carbocycles. The van der Waals surface area contributed by atoms with Gasteiger partial charge in [0, 0.05) is 17.8 Å². The van der Waals surface area contributed by atoms with E-state index in [2.05, 4.69) is 11.1 Å². The van der Waals surface area contributed by atoms with Gasteiger partial charge in [-0.1, -0.05) is 12.1 Å². The Morgan fingerprint density at radius 1 is 1.33 bits per heavy atom. The van der Waals surface area contributed by atoms with Crippen molar-refractivity contribution in [2.75, 3.05) is 0 Å². The number of hydrogen-bond donors (Lipinski definition) is 1. The lowest BCUT2D eigenvalue weighted by atomic mass is 10.1. The second-order valence-electron chi connectivity index (χ2n) is 3.93. The van der Waals surface area contributed by atoms with Gasteiger partial charge in [-0.2, -0.15) is 5.26 Å². The van der Waals surface area contributed by atoms with Crippen molar-refractivity contribution in [2.24, 2.45) is 5.73 Å². The molecule has 0 spiro atoms. The van der Waals surface area contributed by atoms with Crippen LogP contribution in [-0.2, 0) is 0 Å². The van der Waals surface area contributed by atoms with Gasteiger partial charge in [0.1, 0.15) is 5.75 Å². The number of benzene rings is 1. The molecule has 2 rings (SSSR count). The minimum atomic E-state index is -0.159. The summed E-state index contributed by atoms with van der Waals surface area (Å²) in [5.74, 6) is 1.05. The Morgan fingerprint density at radius 3 is 2.89 bits per heavy atom. The number of pyridine rings is 1. The average molecular weight is 239 g/mol. The maximum Gasteiger partial charge on any atom is 0.223 e. The van der Waals surface area contributed by atoms with E-state index in [0.29, 0.717) is 17.2 Å². The van der Waals surface area contributed by atoms with Crippen molar-refractivity contribution in [1.82, 2.24) is 4.98 Å².